The number of carbonyl (C=O) groups is 3. The van der Waals surface area contributed by atoms with Gasteiger partial charge < -0.3 is 29.3 Å². The first kappa shape index (κ1) is 33.7. The van der Waals surface area contributed by atoms with Crippen molar-refractivity contribution in [2.75, 3.05) is 37.7 Å². The van der Waals surface area contributed by atoms with Gasteiger partial charge >= 0.3 is 0 Å². The van der Waals surface area contributed by atoms with Gasteiger partial charge in [-0.3, -0.25) is 14.4 Å². The summed E-state index contributed by atoms with van der Waals surface area (Å²) in [5.74, 6) is -1.56. The molecule has 242 valence electrons. The van der Waals surface area contributed by atoms with Gasteiger partial charge in [0.2, 0.25) is 17.7 Å². The second kappa shape index (κ2) is 13.1. The minimum absolute atomic E-state index is 0.0697. The van der Waals surface area contributed by atoms with E-state index in [2.05, 4.69) is 20.1 Å². The van der Waals surface area contributed by atoms with Crippen molar-refractivity contribution in [3.05, 3.63) is 49.6 Å². The van der Waals surface area contributed by atoms with Crippen LogP contribution in [0.2, 0.25) is 0 Å². The Morgan fingerprint density at radius 1 is 1.11 bits per heavy atom. The summed E-state index contributed by atoms with van der Waals surface area (Å²) in [6, 6.07) is 6.47. The molecule has 9 nitrogen and oxygen atoms in total. The van der Waals surface area contributed by atoms with Crippen LogP contribution in [0.15, 0.2) is 49.6 Å². The number of amides is 3. The molecule has 0 saturated carbocycles. The summed E-state index contributed by atoms with van der Waals surface area (Å²) in [6.07, 6.45) is 5.85. The normalized spacial score (nSPS) is 29.0. The lowest BCUT2D eigenvalue weighted by atomic mass is 9.62. The van der Waals surface area contributed by atoms with E-state index >= 15 is 0 Å². The molecule has 0 radical (unpaired) electrons. The Labute approximate surface area is 262 Å². The van der Waals surface area contributed by atoms with E-state index in [1.54, 1.807) is 26.9 Å². The van der Waals surface area contributed by atoms with Crippen molar-refractivity contribution in [1.82, 2.24) is 9.80 Å². The number of hydrogen-bond donors (Lipinski definition) is 1. The molecule has 3 fully saturated rings. The molecule has 3 unspecified atom stereocenters. The van der Waals surface area contributed by atoms with Gasteiger partial charge in [-0.1, -0.05) is 19.1 Å². The zero-order valence-electron chi connectivity index (χ0n) is 27.4. The van der Waals surface area contributed by atoms with Crippen LogP contribution in [0.5, 0.6) is 5.75 Å². The lowest BCUT2D eigenvalue weighted by Gasteiger charge is -2.42. The number of aliphatic hydroxyl groups excluding tert-OH is 1. The van der Waals surface area contributed by atoms with Gasteiger partial charge in [0.1, 0.15) is 17.4 Å². The molecule has 9 heteroatoms. The Hall–Kier alpha value is -3.17. The standard InChI is InChI=1S/C35H51N3O6/c1-9-19-36(25-15-17-26(18-16-25)43-11-3)30(40)27-28-31(41)37(21-13-12-14-22-39)29(32(42)38(20-10-2)33(5,6)7)35(28)23-24(4)34(27,8)44-35/h9-10,15-18,24,27-29,39H,1-2,11-14,19-23H2,3-8H3/t24?,27-,28+,29?,34+,35?/m1/s1. The monoisotopic (exact) mass is 609 g/mol. The van der Waals surface area contributed by atoms with E-state index in [4.69, 9.17) is 9.47 Å². The largest absolute Gasteiger partial charge is 0.494 e. The Balaban J connectivity index is 1.80. The average Bonchev–Trinajstić information content (AvgIpc) is 3.48. The minimum atomic E-state index is -1.14. The van der Waals surface area contributed by atoms with E-state index in [0.717, 1.165) is 6.42 Å². The lowest BCUT2D eigenvalue weighted by Crippen LogP contribution is -2.60. The highest BCUT2D eigenvalue weighted by molar-refractivity contribution is 6.03. The van der Waals surface area contributed by atoms with Gasteiger partial charge in [-0.25, -0.2) is 0 Å². The molecule has 1 aromatic carbocycles. The number of unbranched alkanes of at least 4 members (excludes halogenated alkanes) is 2. The van der Waals surface area contributed by atoms with Crippen LogP contribution >= 0.6 is 0 Å². The predicted molar refractivity (Wildman–Crippen MR) is 171 cm³/mol. The van der Waals surface area contributed by atoms with Crippen LogP contribution in [0.25, 0.3) is 0 Å². The molecular weight excluding hydrogens is 558 g/mol. The van der Waals surface area contributed by atoms with E-state index in [-0.39, 0.29) is 36.8 Å². The highest BCUT2D eigenvalue weighted by atomic mass is 16.5. The van der Waals surface area contributed by atoms with Gasteiger partial charge in [0.05, 0.1) is 24.0 Å². The third kappa shape index (κ3) is 5.69. The number of rotatable bonds is 14. The SMILES string of the molecule is C=CCN(C(=O)[C@H]1[C@H]2C(=O)N(CCCCCO)C(C(=O)N(CC=C)C(C)(C)C)C23CC(C)[C@]1(C)O3)c1ccc(OCC)cc1. The Morgan fingerprint density at radius 2 is 1.77 bits per heavy atom. The van der Waals surface area contributed by atoms with Crippen molar-refractivity contribution in [3.63, 3.8) is 0 Å². The van der Waals surface area contributed by atoms with Crippen LogP contribution in [-0.4, -0.2) is 88.3 Å². The molecule has 44 heavy (non-hydrogen) atoms. The second-order valence-corrected chi connectivity index (χ2v) is 13.6. The first-order valence-electron chi connectivity index (χ1n) is 16.0. The van der Waals surface area contributed by atoms with Crippen LogP contribution < -0.4 is 9.64 Å². The molecule has 1 aromatic rings. The van der Waals surface area contributed by atoms with Gasteiger partial charge in [0.15, 0.2) is 0 Å². The van der Waals surface area contributed by atoms with Crippen molar-refractivity contribution in [2.45, 2.75) is 90.0 Å². The molecule has 2 bridgehead atoms. The number of benzene rings is 1. The number of ether oxygens (including phenoxy) is 2. The minimum Gasteiger partial charge on any atom is -0.494 e. The van der Waals surface area contributed by atoms with Crippen LogP contribution in [0.4, 0.5) is 5.69 Å². The molecule has 1 spiro atoms. The molecule has 3 amide bonds. The third-order valence-corrected chi connectivity index (χ3v) is 9.80. The van der Waals surface area contributed by atoms with E-state index in [0.29, 0.717) is 50.4 Å². The van der Waals surface area contributed by atoms with Gasteiger partial charge in [-0.2, -0.15) is 0 Å². The van der Waals surface area contributed by atoms with Crippen molar-refractivity contribution in [1.29, 1.82) is 0 Å². The van der Waals surface area contributed by atoms with E-state index in [1.807, 2.05) is 58.9 Å². The fraction of sp³-hybridized carbons (Fsp3) is 0.629. The average molecular weight is 610 g/mol. The topological polar surface area (TPSA) is 99.6 Å². The molecule has 0 aliphatic carbocycles. The van der Waals surface area contributed by atoms with E-state index in [1.165, 1.54) is 0 Å². The highest BCUT2D eigenvalue weighted by Crippen LogP contribution is 2.65. The van der Waals surface area contributed by atoms with E-state index in [9.17, 15) is 19.5 Å². The number of hydrogen-bond acceptors (Lipinski definition) is 6. The quantitative estimate of drug-likeness (QED) is 0.245. The maximum absolute atomic E-state index is 14.7. The summed E-state index contributed by atoms with van der Waals surface area (Å²) in [4.78, 5) is 49.0. The molecule has 3 heterocycles. The summed E-state index contributed by atoms with van der Waals surface area (Å²) in [5, 5.41) is 9.35. The summed E-state index contributed by atoms with van der Waals surface area (Å²) in [7, 11) is 0. The van der Waals surface area contributed by atoms with Crippen LogP contribution in [-0.2, 0) is 19.1 Å². The highest BCUT2D eigenvalue weighted by Gasteiger charge is 2.80. The van der Waals surface area contributed by atoms with E-state index < -0.39 is 34.6 Å². The molecule has 3 aliphatic heterocycles. The maximum Gasteiger partial charge on any atom is 0.249 e. The molecule has 0 aromatic heterocycles. The fourth-order valence-electron chi connectivity index (χ4n) is 7.68. The predicted octanol–water partition coefficient (Wildman–Crippen LogP) is 4.59. The summed E-state index contributed by atoms with van der Waals surface area (Å²) >= 11 is 0. The zero-order valence-corrected chi connectivity index (χ0v) is 27.4. The van der Waals surface area contributed by atoms with Gasteiger partial charge in [-0.15, -0.1) is 13.2 Å². The van der Waals surface area contributed by atoms with Crippen LogP contribution in [0, 0.1) is 17.8 Å². The maximum atomic E-state index is 14.7. The lowest BCUT2D eigenvalue weighted by molar-refractivity contribution is -0.155. The smallest absolute Gasteiger partial charge is 0.249 e. The number of anilines is 1. The molecule has 3 saturated heterocycles. The van der Waals surface area contributed by atoms with Gasteiger partial charge in [0, 0.05) is 37.5 Å². The second-order valence-electron chi connectivity index (χ2n) is 13.6. The van der Waals surface area contributed by atoms with Crippen LogP contribution in [0.3, 0.4) is 0 Å². The van der Waals surface area contributed by atoms with Crippen molar-refractivity contribution >= 4 is 23.4 Å². The molecule has 4 rings (SSSR count). The zero-order chi connectivity index (χ0) is 32.4. The Bertz CT molecular complexity index is 1240. The number of nitrogens with zero attached hydrogens (tertiary/aromatic N) is 3. The summed E-state index contributed by atoms with van der Waals surface area (Å²) in [6.45, 7) is 21.1. The first-order valence-corrected chi connectivity index (χ1v) is 16.0. The number of carbonyl (C=O) groups excluding carboxylic acids is 3. The van der Waals surface area contributed by atoms with Crippen molar-refractivity contribution < 1.29 is 29.0 Å². The number of likely N-dealkylation sites (tertiary alicyclic amines) is 1. The third-order valence-electron chi connectivity index (χ3n) is 9.80. The molecule has 3 aliphatic rings. The first-order chi connectivity index (χ1) is 20.8. The molecular formula is C35H51N3O6. The Kier molecular flexibility index (Phi) is 10.0. The number of aliphatic hydroxyl groups is 1. The molecule has 6 atom stereocenters. The fourth-order valence-corrected chi connectivity index (χ4v) is 7.68. The van der Waals surface area contributed by atoms with Gasteiger partial charge in [-0.05, 0) is 90.5 Å². The van der Waals surface area contributed by atoms with Gasteiger partial charge in [0.25, 0.3) is 0 Å². The summed E-state index contributed by atoms with van der Waals surface area (Å²) < 4.78 is 12.6. The number of fused-ring (bicyclic) bond motifs is 1. The van der Waals surface area contributed by atoms with Crippen molar-refractivity contribution in [3.8, 4) is 5.75 Å². The van der Waals surface area contributed by atoms with Crippen LogP contribution in [0.1, 0.15) is 67.2 Å². The Morgan fingerprint density at radius 3 is 2.34 bits per heavy atom. The summed E-state index contributed by atoms with van der Waals surface area (Å²) in [5.41, 5.74) is -1.92. The van der Waals surface area contributed by atoms with Crippen molar-refractivity contribution in [2.24, 2.45) is 17.8 Å². The molecule has 1 N–H and O–H groups in total.